The monoisotopic (exact) mass is 148 g/mol. The van der Waals surface area contributed by atoms with Crippen molar-refractivity contribution in [3.05, 3.63) is 0 Å². The molecule has 0 heterocycles. The highest BCUT2D eigenvalue weighted by molar-refractivity contribution is 4.48. The van der Waals surface area contributed by atoms with Crippen LogP contribution in [0.1, 0.15) is 19.8 Å². The van der Waals surface area contributed by atoms with Gasteiger partial charge in [0.25, 0.3) is 0 Å². The van der Waals surface area contributed by atoms with Gasteiger partial charge in [-0.25, -0.2) is 0 Å². The van der Waals surface area contributed by atoms with E-state index in [9.17, 15) is 0 Å². The van der Waals surface area contributed by atoms with Crippen LogP contribution in [0.4, 0.5) is 0 Å². The van der Waals surface area contributed by atoms with Crippen LogP contribution in [0.25, 0.3) is 0 Å². The molecule has 0 unspecified atom stereocenters. The predicted octanol–water partition coefficient (Wildman–Crippen LogP) is 0.156. The van der Waals surface area contributed by atoms with E-state index < -0.39 is 6.10 Å². The first-order valence-corrected chi connectivity index (χ1v) is 3.68. The number of aliphatic hydroxyl groups is 2. The van der Waals surface area contributed by atoms with E-state index in [4.69, 9.17) is 14.9 Å². The van der Waals surface area contributed by atoms with E-state index in [2.05, 4.69) is 6.92 Å². The molecule has 0 radical (unpaired) electrons. The van der Waals surface area contributed by atoms with Crippen LogP contribution in [0, 0.1) is 0 Å². The number of rotatable bonds is 6. The zero-order valence-corrected chi connectivity index (χ0v) is 6.42. The molecule has 0 bridgehead atoms. The van der Waals surface area contributed by atoms with Gasteiger partial charge in [-0.15, -0.1) is 0 Å². The predicted molar refractivity (Wildman–Crippen MR) is 38.8 cm³/mol. The van der Waals surface area contributed by atoms with E-state index in [1.165, 1.54) is 0 Å². The number of aliphatic hydroxyl groups excluding tert-OH is 2. The summed E-state index contributed by atoms with van der Waals surface area (Å²) in [5, 5.41) is 17.1. The molecule has 0 rings (SSSR count). The molecule has 10 heavy (non-hydrogen) atoms. The van der Waals surface area contributed by atoms with Crippen LogP contribution in [0.2, 0.25) is 0 Å². The highest BCUT2D eigenvalue weighted by Gasteiger charge is 1.99. The summed E-state index contributed by atoms with van der Waals surface area (Å²) < 4.78 is 5.02. The first-order chi connectivity index (χ1) is 4.81. The molecule has 0 aliphatic carbocycles. The van der Waals surface area contributed by atoms with E-state index in [0.717, 1.165) is 12.8 Å². The molecule has 0 aromatic carbocycles. The Kier molecular flexibility index (Phi) is 6.91. The van der Waals surface area contributed by atoms with Crippen molar-refractivity contribution >= 4 is 0 Å². The van der Waals surface area contributed by atoms with E-state index in [-0.39, 0.29) is 13.2 Å². The Morgan fingerprint density at radius 2 is 2.20 bits per heavy atom. The first-order valence-electron chi connectivity index (χ1n) is 3.68. The largest absolute Gasteiger partial charge is 0.394 e. The fourth-order valence-electron chi connectivity index (χ4n) is 0.518. The van der Waals surface area contributed by atoms with Gasteiger partial charge in [-0.3, -0.25) is 0 Å². The maximum Gasteiger partial charge on any atom is 0.100 e. The summed E-state index contributed by atoms with van der Waals surface area (Å²) in [6, 6.07) is 0. The summed E-state index contributed by atoms with van der Waals surface area (Å²) >= 11 is 0. The van der Waals surface area contributed by atoms with Crippen LogP contribution in [-0.2, 0) is 4.74 Å². The third-order valence-electron chi connectivity index (χ3n) is 1.16. The minimum Gasteiger partial charge on any atom is -0.394 e. The number of hydrogen-bond donors (Lipinski definition) is 2. The second-order valence-electron chi connectivity index (χ2n) is 2.26. The third kappa shape index (κ3) is 6.01. The smallest absolute Gasteiger partial charge is 0.100 e. The fourth-order valence-corrected chi connectivity index (χ4v) is 0.518. The molecule has 3 nitrogen and oxygen atoms in total. The first kappa shape index (κ1) is 9.88. The lowest BCUT2D eigenvalue weighted by molar-refractivity contribution is 0.00557. The van der Waals surface area contributed by atoms with Gasteiger partial charge in [0, 0.05) is 6.61 Å². The van der Waals surface area contributed by atoms with E-state index in [1.807, 2.05) is 0 Å². The molecule has 62 valence electrons. The maximum absolute atomic E-state index is 8.78. The van der Waals surface area contributed by atoms with Crippen molar-refractivity contribution in [2.75, 3.05) is 19.8 Å². The molecular weight excluding hydrogens is 132 g/mol. The van der Waals surface area contributed by atoms with Crippen LogP contribution in [0.15, 0.2) is 0 Å². The molecule has 0 spiro atoms. The number of hydrogen-bond acceptors (Lipinski definition) is 3. The molecular formula is C7H16O3. The molecule has 0 amide bonds. The Morgan fingerprint density at radius 3 is 2.70 bits per heavy atom. The Bertz CT molecular complexity index is 65.9. The van der Waals surface area contributed by atoms with Crippen LogP contribution >= 0.6 is 0 Å². The highest BCUT2D eigenvalue weighted by Crippen LogP contribution is 1.89. The molecule has 0 saturated heterocycles. The van der Waals surface area contributed by atoms with E-state index >= 15 is 0 Å². The quantitative estimate of drug-likeness (QED) is 0.527. The Hall–Kier alpha value is -0.120. The van der Waals surface area contributed by atoms with E-state index in [1.54, 1.807) is 0 Å². The third-order valence-corrected chi connectivity index (χ3v) is 1.16. The second-order valence-corrected chi connectivity index (χ2v) is 2.26. The van der Waals surface area contributed by atoms with Crippen molar-refractivity contribution in [3.8, 4) is 0 Å². The van der Waals surface area contributed by atoms with Crippen molar-refractivity contribution in [3.63, 3.8) is 0 Å². The summed E-state index contributed by atoms with van der Waals surface area (Å²) in [5.41, 5.74) is 0. The summed E-state index contributed by atoms with van der Waals surface area (Å²) in [4.78, 5) is 0. The van der Waals surface area contributed by atoms with Crippen molar-refractivity contribution in [1.29, 1.82) is 0 Å². The minimum absolute atomic E-state index is 0.216. The van der Waals surface area contributed by atoms with Crippen LogP contribution in [0.3, 0.4) is 0 Å². The van der Waals surface area contributed by atoms with Gasteiger partial charge in [-0.2, -0.15) is 0 Å². The van der Waals surface area contributed by atoms with Crippen LogP contribution in [-0.4, -0.2) is 36.1 Å². The minimum atomic E-state index is -0.711. The van der Waals surface area contributed by atoms with Gasteiger partial charge in [0.05, 0.1) is 13.2 Å². The van der Waals surface area contributed by atoms with Gasteiger partial charge < -0.3 is 14.9 Å². The average Bonchev–Trinajstić information content (AvgIpc) is 1.98. The highest BCUT2D eigenvalue weighted by atomic mass is 16.5. The van der Waals surface area contributed by atoms with Crippen LogP contribution in [0.5, 0.6) is 0 Å². The Morgan fingerprint density at radius 1 is 1.50 bits per heavy atom. The Balaban J connectivity index is 2.89. The zero-order valence-electron chi connectivity index (χ0n) is 6.42. The summed E-state index contributed by atoms with van der Waals surface area (Å²) in [7, 11) is 0. The zero-order chi connectivity index (χ0) is 7.82. The van der Waals surface area contributed by atoms with Crippen molar-refractivity contribution in [2.24, 2.45) is 0 Å². The lowest BCUT2D eigenvalue weighted by Crippen LogP contribution is -2.19. The Labute approximate surface area is 61.6 Å². The summed E-state index contributed by atoms with van der Waals surface area (Å²) in [6.07, 6.45) is 1.39. The summed E-state index contributed by atoms with van der Waals surface area (Å²) in [6.45, 7) is 2.78. The van der Waals surface area contributed by atoms with Crippen molar-refractivity contribution < 1.29 is 14.9 Å². The van der Waals surface area contributed by atoms with Crippen molar-refractivity contribution in [1.82, 2.24) is 0 Å². The van der Waals surface area contributed by atoms with Crippen molar-refractivity contribution in [2.45, 2.75) is 25.9 Å². The average molecular weight is 148 g/mol. The standard InChI is InChI=1S/C7H16O3/c1-2-3-4-10-6-7(9)5-8/h7-9H,2-6H2,1H3/t7-/m0/s1. The van der Waals surface area contributed by atoms with Gasteiger partial charge in [-0.1, -0.05) is 13.3 Å². The number of unbranched alkanes of at least 4 members (excludes halogenated alkanes) is 1. The fraction of sp³-hybridized carbons (Fsp3) is 1.00. The molecule has 0 saturated carbocycles. The van der Waals surface area contributed by atoms with Gasteiger partial charge >= 0.3 is 0 Å². The van der Waals surface area contributed by atoms with Gasteiger partial charge in [0.15, 0.2) is 0 Å². The lowest BCUT2D eigenvalue weighted by atomic mass is 10.3. The number of ether oxygens (including phenoxy) is 1. The SMILES string of the molecule is CCCCOC[C@@H](O)CO. The molecule has 2 N–H and O–H groups in total. The topological polar surface area (TPSA) is 49.7 Å². The van der Waals surface area contributed by atoms with Gasteiger partial charge in [0.1, 0.15) is 6.10 Å². The normalized spacial score (nSPS) is 13.5. The van der Waals surface area contributed by atoms with Crippen LogP contribution < -0.4 is 0 Å². The molecule has 0 aromatic heterocycles. The summed E-state index contributed by atoms with van der Waals surface area (Å²) in [5.74, 6) is 0. The lowest BCUT2D eigenvalue weighted by Gasteiger charge is -2.06. The van der Waals surface area contributed by atoms with Gasteiger partial charge in [0.2, 0.25) is 0 Å². The molecule has 0 aliphatic heterocycles. The maximum atomic E-state index is 8.78. The van der Waals surface area contributed by atoms with Gasteiger partial charge in [-0.05, 0) is 6.42 Å². The molecule has 0 aliphatic rings. The molecule has 0 aromatic rings. The molecule has 1 atom stereocenters. The molecule has 3 heteroatoms. The molecule has 0 fully saturated rings. The van der Waals surface area contributed by atoms with E-state index in [0.29, 0.717) is 6.61 Å². The second kappa shape index (κ2) is 6.99.